The highest BCUT2D eigenvalue weighted by atomic mass is 79.9. The summed E-state index contributed by atoms with van der Waals surface area (Å²) in [7, 11) is 0. The average molecular weight is 470 g/mol. The van der Waals surface area contributed by atoms with Gasteiger partial charge in [-0.1, -0.05) is 28.1 Å². The van der Waals surface area contributed by atoms with E-state index in [9.17, 15) is 9.90 Å². The lowest BCUT2D eigenvalue weighted by Crippen LogP contribution is -2.40. The third kappa shape index (κ3) is 3.47. The molecule has 1 aliphatic heterocycles. The number of rotatable bonds is 4. The summed E-state index contributed by atoms with van der Waals surface area (Å²) in [5, 5.41) is 12.2. The molecule has 29 heavy (non-hydrogen) atoms. The summed E-state index contributed by atoms with van der Waals surface area (Å²) >= 11 is 5.24. The molecule has 1 fully saturated rings. The third-order valence-electron chi connectivity index (χ3n) is 5.68. The highest BCUT2D eigenvalue weighted by Crippen LogP contribution is 2.37. The third-order valence-corrected chi connectivity index (χ3v) is 7.37. The van der Waals surface area contributed by atoms with Gasteiger partial charge >= 0.3 is 5.97 Å². The minimum Gasteiger partial charge on any atom is -0.480 e. The number of hydrogen-bond donors (Lipinski definition) is 2. The first-order chi connectivity index (χ1) is 14.1. The molecule has 7 heteroatoms. The first-order valence-electron chi connectivity index (χ1n) is 9.69. The van der Waals surface area contributed by atoms with Gasteiger partial charge in [0.05, 0.1) is 15.2 Å². The molecular weight excluding hydrogens is 450 g/mol. The van der Waals surface area contributed by atoms with Crippen LogP contribution in [0, 0.1) is 0 Å². The lowest BCUT2D eigenvalue weighted by molar-refractivity contribution is -0.144. The summed E-state index contributed by atoms with van der Waals surface area (Å²) in [6, 6.07) is 13.4. The average Bonchev–Trinajstić information content (AvgIpc) is 3.32. The van der Waals surface area contributed by atoms with E-state index in [4.69, 9.17) is 4.98 Å². The van der Waals surface area contributed by atoms with E-state index < -0.39 is 12.0 Å². The van der Waals surface area contributed by atoms with Crippen molar-refractivity contribution in [3.05, 3.63) is 63.7 Å². The van der Waals surface area contributed by atoms with Crippen LogP contribution in [0.1, 0.15) is 35.4 Å². The van der Waals surface area contributed by atoms with Crippen molar-refractivity contribution < 1.29 is 9.90 Å². The summed E-state index contributed by atoms with van der Waals surface area (Å²) in [5.41, 5.74) is 2.80. The molecule has 0 unspecified atom stereocenters. The lowest BCUT2D eigenvalue weighted by Gasteiger charge is -2.35. The van der Waals surface area contributed by atoms with E-state index in [0.29, 0.717) is 6.54 Å². The van der Waals surface area contributed by atoms with E-state index in [-0.39, 0.29) is 5.92 Å². The van der Waals surface area contributed by atoms with Gasteiger partial charge in [-0.05, 0) is 49.7 Å². The molecule has 0 bridgehead atoms. The van der Waals surface area contributed by atoms with Crippen molar-refractivity contribution in [2.45, 2.75) is 24.8 Å². The van der Waals surface area contributed by atoms with Gasteiger partial charge in [0.25, 0.3) is 0 Å². The van der Waals surface area contributed by atoms with Gasteiger partial charge in [-0.25, -0.2) is 4.98 Å². The fourth-order valence-corrected chi connectivity index (χ4v) is 5.79. The van der Waals surface area contributed by atoms with Gasteiger partial charge in [0.15, 0.2) is 0 Å². The Bertz CT molecular complexity index is 1170. The first kappa shape index (κ1) is 18.8. The number of aromatic nitrogens is 2. The number of carboxylic acid groups (broad SMARTS) is 1. The molecule has 3 heterocycles. The van der Waals surface area contributed by atoms with Crippen LogP contribution in [0.3, 0.4) is 0 Å². The predicted octanol–water partition coefficient (Wildman–Crippen LogP) is 5.55. The number of H-pyrrole nitrogens is 1. The SMILES string of the molecule is O=C(O)[C@H](c1c[nH]c2ccc(Br)cc12)N1CCC[C@@H](c2nc3ccccc3s2)C1. The van der Waals surface area contributed by atoms with Crippen LogP contribution in [0.2, 0.25) is 0 Å². The van der Waals surface area contributed by atoms with Crippen LogP contribution in [0.5, 0.6) is 0 Å². The molecule has 1 saturated heterocycles. The van der Waals surface area contributed by atoms with Crippen LogP contribution in [-0.2, 0) is 4.79 Å². The molecule has 148 valence electrons. The monoisotopic (exact) mass is 469 g/mol. The Balaban J connectivity index is 1.48. The van der Waals surface area contributed by atoms with E-state index in [0.717, 1.165) is 50.8 Å². The molecule has 0 saturated carbocycles. The second-order valence-electron chi connectivity index (χ2n) is 7.53. The van der Waals surface area contributed by atoms with Gasteiger partial charge in [-0.3, -0.25) is 9.69 Å². The number of halogens is 1. The van der Waals surface area contributed by atoms with Crippen molar-refractivity contribution in [3.63, 3.8) is 0 Å². The molecular formula is C22H20BrN3O2S. The van der Waals surface area contributed by atoms with Crippen molar-refractivity contribution in [2.75, 3.05) is 13.1 Å². The summed E-state index contributed by atoms with van der Waals surface area (Å²) in [5.74, 6) is -0.546. The standard InChI is InChI=1S/C22H20BrN3O2S/c23-14-7-8-17-15(10-14)16(11-24-17)20(22(27)28)26-9-3-4-13(12-26)21-25-18-5-1-2-6-19(18)29-21/h1-2,5-8,10-11,13,20,24H,3-4,9,12H2,(H,27,28)/t13-,20+/m1/s1. The highest BCUT2D eigenvalue weighted by Gasteiger charge is 2.34. The first-order valence-corrected chi connectivity index (χ1v) is 11.3. The van der Waals surface area contributed by atoms with Gasteiger partial charge in [0.2, 0.25) is 0 Å². The number of nitrogens with one attached hydrogen (secondary N) is 1. The Labute approximate surface area is 180 Å². The largest absolute Gasteiger partial charge is 0.480 e. The van der Waals surface area contributed by atoms with E-state index in [1.54, 1.807) is 11.3 Å². The van der Waals surface area contributed by atoms with E-state index in [1.807, 2.05) is 42.6 Å². The fourth-order valence-electron chi connectivity index (χ4n) is 4.33. The van der Waals surface area contributed by atoms with Crippen molar-refractivity contribution in [1.29, 1.82) is 0 Å². The molecule has 1 aliphatic rings. The molecule has 0 spiro atoms. The van der Waals surface area contributed by atoms with Crippen LogP contribution >= 0.6 is 27.3 Å². The second-order valence-corrected chi connectivity index (χ2v) is 9.51. The summed E-state index contributed by atoms with van der Waals surface area (Å²) in [6.07, 6.45) is 3.86. The van der Waals surface area contributed by atoms with Crippen LogP contribution in [0.15, 0.2) is 53.1 Å². The molecule has 2 N–H and O–H groups in total. The zero-order valence-electron chi connectivity index (χ0n) is 15.6. The summed E-state index contributed by atoms with van der Waals surface area (Å²) in [6.45, 7) is 1.48. The fraction of sp³-hybridized carbons (Fsp3) is 0.273. The number of benzene rings is 2. The number of piperidine rings is 1. The van der Waals surface area contributed by atoms with E-state index in [2.05, 4.69) is 31.9 Å². The Morgan fingerprint density at radius 2 is 2.17 bits per heavy atom. The molecule has 2 aromatic carbocycles. The van der Waals surface area contributed by atoms with Crippen LogP contribution in [0.4, 0.5) is 0 Å². The number of aliphatic carboxylic acids is 1. The minimum atomic E-state index is -0.809. The van der Waals surface area contributed by atoms with E-state index in [1.165, 1.54) is 4.70 Å². The Morgan fingerprint density at radius 3 is 3.00 bits per heavy atom. The molecule has 0 amide bonds. The van der Waals surface area contributed by atoms with Crippen LogP contribution < -0.4 is 0 Å². The number of hydrogen-bond acceptors (Lipinski definition) is 4. The smallest absolute Gasteiger partial charge is 0.325 e. The molecule has 0 radical (unpaired) electrons. The maximum atomic E-state index is 12.3. The number of aromatic amines is 1. The topological polar surface area (TPSA) is 69.2 Å². The molecule has 5 nitrogen and oxygen atoms in total. The normalized spacial score (nSPS) is 19.0. The number of carbonyl (C=O) groups is 1. The van der Waals surface area contributed by atoms with Crippen molar-refractivity contribution in [1.82, 2.24) is 14.9 Å². The summed E-state index contributed by atoms with van der Waals surface area (Å²) < 4.78 is 2.14. The summed E-state index contributed by atoms with van der Waals surface area (Å²) in [4.78, 5) is 22.5. The van der Waals surface area contributed by atoms with Crippen molar-refractivity contribution in [3.8, 4) is 0 Å². The quantitative estimate of drug-likeness (QED) is 0.411. The molecule has 2 atom stereocenters. The van der Waals surface area contributed by atoms with Crippen LogP contribution in [0.25, 0.3) is 21.1 Å². The Kier molecular flexibility index (Phi) is 4.89. The molecule has 4 aromatic rings. The number of para-hydroxylation sites is 1. The second kappa shape index (κ2) is 7.55. The van der Waals surface area contributed by atoms with Gasteiger partial charge < -0.3 is 10.1 Å². The lowest BCUT2D eigenvalue weighted by atomic mass is 9.95. The van der Waals surface area contributed by atoms with Gasteiger partial charge in [0.1, 0.15) is 6.04 Å². The zero-order chi connectivity index (χ0) is 20.0. The van der Waals surface area contributed by atoms with Crippen molar-refractivity contribution in [2.24, 2.45) is 0 Å². The number of fused-ring (bicyclic) bond motifs is 2. The Hall–Kier alpha value is -2.22. The van der Waals surface area contributed by atoms with Gasteiger partial charge in [-0.2, -0.15) is 0 Å². The number of thiazole rings is 1. The highest BCUT2D eigenvalue weighted by molar-refractivity contribution is 9.10. The number of likely N-dealkylation sites (tertiary alicyclic amines) is 1. The molecule has 2 aromatic heterocycles. The van der Waals surface area contributed by atoms with Crippen molar-refractivity contribution >= 4 is 54.4 Å². The van der Waals surface area contributed by atoms with Gasteiger partial charge in [0, 0.05) is 39.6 Å². The number of nitrogens with zero attached hydrogens (tertiary/aromatic N) is 2. The minimum absolute atomic E-state index is 0.264. The predicted molar refractivity (Wildman–Crippen MR) is 120 cm³/mol. The molecule has 0 aliphatic carbocycles. The maximum absolute atomic E-state index is 12.3. The maximum Gasteiger partial charge on any atom is 0.325 e. The van der Waals surface area contributed by atoms with Crippen LogP contribution in [-0.4, -0.2) is 39.0 Å². The van der Waals surface area contributed by atoms with E-state index >= 15 is 0 Å². The zero-order valence-corrected chi connectivity index (χ0v) is 18.0. The Morgan fingerprint density at radius 1 is 1.31 bits per heavy atom. The molecule has 5 rings (SSSR count). The van der Waals surface area contributed by atoms with Gasteiger partial charge in [-0.15, -0.1) is 11.3 Å². The number of carboxylic acids is 1.